The van der Waals surface area contributed by atoms with Crippen molar-refractivity contribution >= 4 is 11.9 Å². The number of aryl methyl sites for hydroxylation is 2. The van der Waals surface area contributed by atoms with Gasteiger partial charge >= 0.3 is 0 Å². The molecule has 1 aromatic heterocycles. The van der Waals surface area contributed by atoms with Crippen molar-refractivity contribution in [3.05, 3.63) is 11.4 Å². The fraction of sp³-hybridized carbons (Fsp3) is 0.556. The molecule has 0 saturated heterocycles. The number of amides is 1. The number of hydrogen-bond donors (Lipinski definition) is 2. The van der Waals surface area contributed by atoms with Crippen LogP contribution in [0.1, 0.15) is 25.2 Å². The quantitative estimate of drug-likeness (QED) is 0.721. The van der Waals surface area contributed by atoms with E-state index in [0.717, 1.165) is 24.2 Å². The third-order valence-corrected chi connectivity index (χ3v) is 1.95. The minimum Gasteiger partial charge on any atom is -0.322 e. The number of nitrogens with two attached hydrogens (primary N) is 1. The number of carbonyl (C=O) groups excluding carboxylic acids is 1. The lowest BCUT2D eigenvalue weighted by molar-refractivity contribution is -0.115. The van der Waals surface area contributed by atoms with Crippen molar-refractivity contribution in [2.75, 3.05) is 11.9 Å². The van der Waals surface area contributed by atoms with E-state index in [1.54, 1.807) is 0 Å². The van der Waals surface area contributed by atoms with E-state index in [2.05, 4.69) is 20.5 Å². The first-order valence-corrected chi connectivity index (χ1v) is 4.93. The van der Waals surface area contributed by atoms with E-state index in [1.165, 1.54) is 0 Å². The van der Waals surface area contributed by atoms with Crippen LogP contribution in [0.3, 0.4) is 0 Å². The second-order valence-electron chi connectivity index (χ2n) is 2.99. The summed E-state index contributed by atoms with van der Waals surface area (Å²) >= 11 is 0. The molecule has 1 amide bonds. The average Bonchev–Trinajstić information content (AvgIpc) is 2.28. The molecule has 6 nitrogen and oxygen atoms in total. The Hall–Kier alpha value is -1.56. The van der Waals surface area contributed by atoms with E-state index in [4.69, 9.17) is 5.73 Å². The van der Waals surface area contributed by atoms with E-state index in [0.29, 0.717) is 0 Å². The molecular formula is C9H15N5O. The van der Waals surface area contributed by atoms with Gasteiger partial charge in [0.1, 0.15) is 0 Å². The van der Waals surface area contributed by atoms with Gasteiger partial charge in [-0.25, -0.2) is 4.98 Å². The van der Waals surface area contributed by atoms with Crippen LogP contribution < -0.4 is 11.1 Å². The van der Waals surface area contributed by atoms with Crippen molar-refractivity contribution in [3.8, 4) is 0 Å². The van der Waals surface area contributed by atoms with Gasteiger partial charge in [-0.1, -0.05) is 13.8 Å². The molecule has 0 bridgehead atoms. The molecule has 1 rings (SSSR count). The van der Waals surface area contributed by atoms with Crippen LogP contribution in [-0.4, -0.2) is 27.6 Å². The summed E-state index contributed by atoms with van der Waals surface area (Å²) in [6, 6.07) is 0. The van der Waals surface area contributed by atoms with Gasteiger partial charge in [0.15, 0.2) is 0 Å². The van der Waals surface area contributed by atoms with Gasteiger partial charge in [0.05, 0.1) is 17.9 Å². The van der Waals surface area contributed by atoms with Gasteiger partial charge in [-0.3, -0.25) is 10.1 Å². The average molecular weight is 209 g/mol. The fourth-order valence-corrected chi connectivity index (χ4v) is 1.17. The van der Waals surface area contributed by atoms with Crippen LogP contribution in [0.25, 0.3) is 0 Å². The van der Waals surface area contributed by atoms with Crippen LogP contribution in [0.2, 0.25) is 0 Å². The van der Waals surface area contributed by atoms with Crippen molar-refractivity contribution in [2.24, 2.45) is 5.73 Å². The van der Waals surface area contributed by atoms with E-state index in [1.807, 2.05) is 13.8 Å². The lowest BCUT2D eigenvalue weighted by atomic mass is 10.2. The van der Waals surface area contributed by atoms with Gasteiger partial charge in [0.25, 0.3) is 0 Å². The van der Waals surface area contributed by atoms with Crippen LogP contribution in [0.5, 0.6) is 0 Å². The van der Waals surface area contributed by atoms with Gasteiger partial charge in [0.2, 0.25) is 11.9 Å². The normalized spacial score (nSPS) is 10.1. The number of nitrogens with zero attached hydrogens (tertiary/aromatic N) is 3. The molecule has 0 aliphatic carbocycles. The molecule has 0 fully saturated rings. The maximum Gasteiger partial charge on any atom is 0.249 e. The number of anilines is 1. The molecule has 82 valence electrons. The Labute approximate surface area is 88.3 Å². The molecule has 0 aliphatic heterocycles. The fourth-order valence-electron chi connectivity index (χ4n) is 1.17. The summed E-state index contributed by atoms with van der Waals surface area (Å²) in [5.74, 6) is -0.0948. The minimum atomic E-state index is -0.317. The molecule has 0 atom stereocenters. The third kappa shape index (κ3) is 2.95. The summed E-state index contributed by atoms with van der Waals surface area (Å²) < 4.78 is 0. The summed E-state index contributed by atoms with van der Waals surface area (Å²) in [6.45, 7) is 3.89. The molecular weight excluding hydrogens is 194 g/mol. The van der Waals surface area contributed by atoms with Crippen molar-refractivity contribution in [1.82, 2.24) is 15.2 Å². The van der Waals surface area contributed by atoms with E-state index >= 15 is 0 Å². The monoisotopic (exact) mass is 209 g/mol. The summed E-state index contributed by atoms with van der Waals surface area (Å²) in [5.41, 5.74) is 6.88. The Bertz CT molecular complexity index is 352. The third-order valence-electron chi connectivity index (χ3n) is 1.95. The second kappa shape index (κ2) is 5.35. The Morgan fingerprint density at radius 3 is 2.47 bits per heavy atom. The lowest BCUT2D eigenvalue weighted by Crippen LogP contribution is -2.23. The number of carbonyl (C=O) groups is 1. The highest BCUT2D eigenvalue weighted by Gasteiger charge is 2.07. The number of hydrogen-bond acceptors (Lipinski definition) is 5. The van der Waals surface area contributed by atoms with Crippen molar-refractivity contribution in [1.29, 1.82) is 0 Å². The first-order valence-electron chi connectivity index (χ1n) is 4.93. The SMILES string of the molecule is CCc1nnc(NC(=O)CN)nc1CC. The number of rotatable bonds is 4. The van der Waals surface area contributed by atoms with Crippen LogP contribution >= 0.6 is 0 Å². The van der Waals surface area contributed by atoms with Gasteiger partial charge in [0, 0.05) is 0 Å². The first-order chi connectivity index (χ1) is 7.21. The van der Waals surface area contributed by atoms with Crippen LogP contribution in [0, 0.1) is 0 Å². The topological polar surface area (TPSA) is 93.8 Å². The molecule has 1 heterocycles. The highest BCUT2D eigenvalue weighted by molar-refractivity contribution is 5.90. The molecule has 3 N–H and O–H groups in total. The Balaban J connectivity index is 2.88. The molecule has 0 aromatic carbocycles. The van der Waals surface area contributed by atoms with E-state index < -0.39 is 0 Å². The molecule has 6 heteroatoms. The van der Waals surface area contributed by atoms with Gasteiger partial charge < -0.3 is 5.73 Å². The first kappa shape index (κ1) is 11.5. The van der Waals surface area contributed by atoms with E-state index in [-0.39, 0.29) is 18.4 Å². The maximum atomic E-state index is 11.0. The zero-order valence-electron chi connectivity index (χ0n) is 8.95. The Morgan fingerprint density at radius 1 is 1.27 bits per heavy atom. The predicted octanol–water partition coefficient (Wildman–Crippen LogP) is -0.106. The van der Waals surface area contributed by atoms with Crippen molar-refractivity contribution < 1.29 is 4.79 Å². The van der Waals surface area contributed by atoms with Gasteiger partial charge in [-0.2, -0.15) is 0 Å². The molecule has 0 spiro atoms. The van der Waals surface area contributed by atoms with Crippen LogP contribution in [-0.2, 0) is 17.6 Å². The largest absolute Gasteiger partial charge is 0.322 e. The highest BCUT2D eigenvalue weighted by atomic mass is 16.1. The van der Waals surface area contributed by atoms with Gasteiger partial charge in [-0.15, -0.1) is 10.2 Å². The summed E-state index contributed by atoms with van der Waals surface area (Å²) in [6.07, 6.45) is 1.55. The Morgan fingerprint density at radius 2 is 1.93 bits per heavy atom. The molecule has 15 heavy (non-hydrogen) atoms. The minimum absolute atomic E-state index is 0.0830. The van der Waals surface area contributed by atoms with E-state index in [9.17, 15) is 4.79 Å². The zero-order valence-corrected chi connectivity index (χ0v) is 8.95. The Kier molecular flexibility index (Phi) is 4.11. The maximum absolute atomic E-state index is 11.0. The van der Waals surface area contributed by atoms with Crippen LogP contribution in [0.15, 0.2) is 0 Å². The summed E-state index contributed by atoms with van der Waals surface area (Å²) in [7, 11) is 0. The predicted molar refractivity (Wildman–Crippen MR) is 56.3 cm³/mol. The molecule has 0 unspecified atom stereocenters. The second-order valence-corrected chi connectivity index (χ2v) is 2.99. The lowest BCUT2D eigenvalue weighted by Gasteiger charge is -2.05. The van der Waals surface area contributed by atoms with Crippen LogP contribution in [0.4, 0.5) is 5.95 Å². The number of aromatic nitrogens is 3. The standard InChI is InChI=1S/C9H15N5O/c1-3-6-7(4-2)13-14-9(11-6)12-8(15)5-10/h3-5,10H2,1-2H3,(H,11,12,14,15). The number of nitrogens with one attached hydrogen (secondary N) is 1. The molecule has 1 aromatic rings. The summed E-state index contributed by atoms with van der Waals surface area (Å²) in [5, 5.41) is 10.3. The highest BCUT2D eigenvalue weighted by Crippen LogP contribution is 2.06. The molecule has 0 aliphatic rings. The van der Waals surface area contributed by atoms with Crippen molar-refractivity contribution in [2.45, 2.75) is 26.7 Å². The summed E-state index contributed by atoms with van der Waals surface area (Å²) in [4.78, 5) is 15.2. The zero-order chi connectivity index (χ0) is 11.3. The van der Waals surface area contributed by atoms with Crippen molar-refractivity contribution in [3.63, 3.8) is 0 Å². The smallest absolute Gasteiger partial charge is 0.249 e. The molecule has 0 saturated carbocycles. The molecule has 0 radical (unpaired) electrons. The van der Waals surface area contributed by atoms with Gasteiger partial charge in [-0.05, 0) is 12.8 Å².